The predicted octanol–water partition coefficient (Wildman–Crippen LogP) is 1.69. The van der Waals surface area contributed by atoms with E-state index in [2.05, 4.69) is 4.98 Å². The molecule has 0 saturated heterocycles. The summed E-state index contributed by atoms with van der Waals surface area (Å²) in [5.41, 5.74) is 0.653. The minimum atomic E-state index is -0.476. The largest absolute Gasteiger partial charge is 0.466 e. The van der Waals surface area contributed by atoms with E-state index in [1.807, 2.05) is 0 Å². The third kappa shape index (κ3) is 4.20. The number of ether oxygens (including phenoxy) is 1. The SMILES string of the molecule is CCOC(=O)CCN(C)c1ncc(C)cc1[N+](=O)[O-]. The molecule has 0 saturated carbocycles. The summed E-state index contributed by atoms with van der Waals surface area (Å²) in [4.78, 5) is 27.4. The van der Waals surface area contributed by atoms with Crippen molar-refractivity contribution in [3.63, 3.8) is 0 Å². The number of carbonyl (C=O) groups is 1. The van der Waals surface area contributed by atoms with E-state index >= 15 is 0 Å². The van der Waals surface area contributed by atoms with Crippen molar-refractivity contribution in [2.24, 2.45) is 0 Å². The van der Waals surface area contributed by atoms with Crippen LogP contribution in [0, 0.1) is 17.0 Å². The molecular weight excluding hydrogens is 250 g/mol. The first kappa shape index (κ1) is 14.9. The molecule has 19 heavy (non-hydrogen) atoms. The summed E-state index contributed by atoms with van der Waals surface area (Å²) in [6.07, 6.45) is 1.72. The molecule has 0 aliphatic carbocycles. The van der Waals surface area contributed by atoms with Gasteiger partial charge in [-0.3, -0.25) is 14.9 Å². The van der Waals surface area contributed by atoms with Crippen LogP contribution in [0.3, 0.4) is 0 Å². The van der Waals surface area contributed by atoms with E-state index in [4.69, 9.17) is 4.74 Å². The normalized spacial score (nSPS) is 10.1. The lowest BCUT2D eigenvalue weighted by atomic mass is 10.2. The van der Waals surface area contributed by atoms with Crippen LogP contribution < -0.4 is 4.90 Å². The Balaban J connectivity index is 2.79. The molecule has 0 aliphatic heterocycles. The Morgan fingerprint density at radius 2 is 2.26 bits per heavy atom. The van der Waals surface area contributed by atoms with Crippen molar-refractivity contribution in [1.82, 2.24) is 4.98 Å². The van der Waals surface area contributed by atoms with Gasteiger partial charge in [-0.05, 0) is 19.4 Å². The Kier molecular flexibility index (Phi) is 5.23. The Morgan fingerprint density at radius 3 is 2.84 bits per heavy atom. The third-order valence-corrected chi connectivity index (χ3v) is 2.50. The third-order valence-electron chi connectivity index (χ3n) is 2.50. The fourth-order valence-electron chi connectivity index (χ4n) is 1.57. The van der Waals surface area contributed by atoms with E-state index in [0.717, 1.165) is 0 Å². The topological polar surface area (TPSA) is 85.6 Å². The van der Waals surface area contributed by atoms with Crippen LogP contribution in [0.5, 0.6) is 0 Å². The van der Waals surface area contributed by atoms with Crippen LogP contribution in [0.15, 0.2) is 12.3 Å². The molecule has 1 aromatic heterocycles. The molecule has 1 heterocycles. The van der Waals surface area contributed by atoms with Gasteiger partial charge in [-0.25, -0.2) is 4.98 Å². The fraction of sp³-hybridized carbons (Fsp3) is 0.500. The van der Waals surface area contributed by atoms with Gasteiger partial charge in [-0.15, -0.1) is 0 Å². The van der Waals surface area contributed by atoms with Crippen molar-refractivity contribution in [2.75, 3.05) is 25.1 Å². The first-order valence-corrected chi connectivity index (χ1v) is 5.93. The maximum atomic E-state index is 11.2. The van der Waals surface area contributed by atoms with Gasteiger partial charge in [-0.1, -0.05) is 0 Å². The number of rotatable bonds is 6. The molecule has 1 rings (SSSR count). The Labute approximate surface area is 111 Å². The Bertz CT molecular complexity index is 476. The van der Waals surface area contributed by atoms with Gasteiger partial charge in [0, 0.05) is 25.9 Å². The molecule has 0 aliphatic rings. The molecule has 1 aromatic rings. The summed E-state index contributed by atoms with van der Waals surface area (Å²) in [5.74, 6) is -0.0796. The minimum absolute atomic E-state index is 0.0636. The van der Waals surface area contributed by atoms with E-state index < -0.39 is 4.92 Å². The molecule has 0 atom stereocenters. The van der Waals surface area contributed by atoms with E-state index in [1.54, 1.807) is 32.0 Å². The first-order valence-electron chi connectivity index (χ1n) is 5.93. The second-order valence-corrected chi connectivity index (χ2v) is 4.09. The van der Waals surface area contributed by atoms with Gasteiger partial charge in [0.15, 0.2) is 0 Å². The maximum absolute atomic E-state index is 11.2. The molecule has 0 unspecified atom stereocenters. The number of hydrogen-bond acceptors (Lipinski definition) is 6. The molecule has 0 fully saturated rings. The number of hydrogen-bond donors (Lipinski definition) is 0. The lowest BCUT2D eigenvalue weighted by Gasteiger charge is -2.17. The van der Waals surface area contributed by atoms with Crippen molar-refractivity contribution in [2.45, 2.75) is 20.3 Å². The molecule has 104 valence electrons. The average molecular weight is 267 g/mol. The van der Waals surface area contributed by atoms with E-state index in [-0.39, 0.29) is 23.9 Å². The number of esters is 1. The quantitative estimate of drug-likeness (QED) is 0.443. The van der Waals surface area contributed by atoms with Crippen molar-refractivity contribution < 1.29 is 14.5 Å². The van der Waals surface area contributed by atoms with Crippen molar-refractivity contribution >= 4 is 17.5 Å². The second kappa shape index (κ2) is 6.67. The number of pyridine rings is 1. The lowest BCUT2D eigenvalue weighted by molar-refractivity contribution is -0.384. The van der Waals surface area contributed by atoms with Crippen molar-refractivity contribution in [3.8, 4) is 0 Å². The zero-order valence-electron chi connectivity index (χ0n) is 11.3. The molecule has 7 nitrogen and oxygen atoms in total. The van der Waals surface area contributed by atoms with Crippen molar-refractivity contribution in [1.29, 1.82) is 0 Å². The summed E-state index contributed by atoms with van der Waals surface area (Å²) >= 11 is 0. The number of carbonyl (C=O) groups excluding carboxylic acids is 1. The zero-order chi connectivity index (χ0) is 14.4. The highest BCUT2D eigenvalue weighted by Gasteiger charge is 2.19. The minimum Gasteiger partial charge on any atom is -0.466 e. The number of aryl methyl sites for hydroxylation is 1. The van der Waals surface area contributed by atoms with E-state index in [0.29, 0.717) is 18.7 Å². The summed E-state index contributed by atoms with van der Waals surface area (Å²) in [5, 5.41) is 11.0. The maximum Gasteiger partial charge on any atom is 0.311 e. The van der Waals surface area contributed by atoms with Crippen molar-refractivity contribution in [3.05, 3.63) is 27.9 Å². The van der Waals surface area contributed by atoms with Crippen LogP contribution in [-0.4, -0.2) is 36.1 Å². The highest BCUT2D eigenvalue weighted by Crippen LogP contribution is 2.25. The standard InChI is InChI=1S/C12H17N3O4/c1-4-19-11(16)5-6-14(3)12-10(15(17)18)7-9(2)8-13-12/h7-8H,4-6H2,1-3H3. The lowest BCUT2D eigenvalue weighted by Crippen LogP contribution is -2.23. The molecule has 0 amide bonds. The van der Waals surface area contributed by atoms with Crippen LogP contribution >= 0.6 is 0 Å². The average Bonchev–Trinajstić information content (AvgIpc) is 2.36. The van der Waals surface area contributed by atoms with E-state index in [9.17, 15) is 14.9 Å². The van der Waals surface area contributed by atoms with Gasteiger partial charge in [0.1, 0.15) is 0 Å². The summed E-state index contributed by atoms with van der Waals surface area (Å²) in [6.45, 7) is 4.11. The summed E-state index contributed by atoms with van der Waals surface area (Å²) < 4.78 is 4.81. The van der Waals surface area contributed by atoms with Crippen LogP contribution in [-0.2, 0) is 9.53 Å². The molecule has 0 bridgehead atoms. The highest BCUT2D eigenvalue weighted by molar-refractivity contribution is 5.70. The van der Waals surface area contributed by atoms with Gasteiger partial charge in [-0.2, -0.15) is 0 Å². The molecule has 7 heteroatoms. The van der Waals surface area contributed by atoms with Crippen LogP contribution in [0.25, 0.3) is 0 Å². The number of anilines is 1. The molecule has 0 radical (unpaired) electrons. The van der Waals surface area contributed by atoms with Crippen LogP contribution in [0.4, 0.5) is 11.5 Å². The van der Waals surface area contributed by atoms with Gasteiger partial charge in [0.25, 0.3) is 0 Å². The molecule has 0 N–H and O–H groups in total. The monoisotopic (exact) mass is 267 g/mol. The molecular formula is C12H17N3O4. The van der Waals surface area contributed by atoms with Gasteiger partial charge in [0.2, 0.25) is 5.82 Å². The smallest absolute Gasteiger partial charge is 0.311 e. The fourth-order valence-corrected chi connectivity index (χ4v) is 1.57. The van der Waals surface area contributed by atoms with Crippen LogP contribution in [0.2, 0.25) is 0 Å². The highest BCUT2D eigenvalue weighted by atomic mass is 16.6. The van der Waals surface area contributed by atoms with Crippen LogP contribution in [0.1, 0.15) is 18.9 Å². The Hall–Kier alpha value is -2.18. The number of aromatic nitrogens is 1. The predicted molar refractivity (Wildman–Crippen MR) is 70.1 cm³/mol. The van der Waals surface area contributed by atoms with E-state index in [1.165, 1.54) is 6.07 Å². The second-order valence-electron chi connectivity index (χ2n) is 4.09. The van der Waals surface area contributed by atoms with Gasteiger partial charge in [0.05, 0.1) is 18.0 Å². The summed E-state index contributed by atoms with van der Waals surface area (Å²) in [7, 11) is 1.66. The zero-order valence-corrected chi connectivity index (χ0v) is 11.3. The first-order chi connectivity index (χ1) is 8.95. The number of nitrogens with zero attached hydrogens (tertiary/aromatic N) is 3. The number of nitro groups is 1. The summed E-state index contributed by atoms with van der Waals surface area (Å²) in [6, 6.07) is 1.46. The van der Waals surface area contributed by atoms with Gasteiger partial charge < -0.3 is 9.64 Å². The van der Waals surface area contributed by atoms with Gasteiger partial charge >= 0.3 is 11.7 Å². The molecule has 0 aromatic carbocycles. The Morgan fingerprint density at radius 1 is 1.58 bits per heavy atom. The molecule has 0 spiro atoms.